The Morgan fingerprint density at radius 1 is 1.38 bits per heavy atom. The van der Waals surface area contributed by atoms with Gasteiger partial charge in [-0.3, -0.25) is 0 Å². The first kappa shape index (κ1) is 8.05. The van der Waals surface area contributed by atoms with Crippen molar-refractivity contribution >= 4 is 19.4 Å². The summed E-state index contributed by atoms with van der Waals surface area (Å²) in [5.41, 5.74) is 5.65. The Morgan fingerprint density at radius 3 is 1.75 bits per heavy atom. The zero-order valence-electron chi connectivity index (χ0n) is 4.93. The molecule has 0 atom stereocenters. The molecule has 3 nitrogen and oxygen atoms in total. The monoisotopic (exact) mass is 147 g/mol. The topological polar surface area (TPSA) is 78.1 Å². The van der Waals surface area contributed by atoms with Crippen LogP contribution in [0.25, 0.3) is 0 Å². The van der Waals surface area contributed by atoms with E-state index in [1.54, 1.807) is 6.08 Å². The minimum atomic E-state index is -0.672. The fourth-order valence-electron chi connectivity index (χ4n) is 0.250. The van der Waals surface area contributed by atoms with E-state index in [9.17, 15) is 0 Å². The van der Waals surface area contributed by atoms with Crippen molar-refractivity contribution in [3.8, 4) is 0 Å². The summed E-state index contributed by atoms with van der Waals surface area (Å²) in [6.45, 7) is 3.56. The predicted molar refractivity (Wildman–Crippen MR) is 42.6 cm³/mol. The Balaban J connectivity index is 3.76. The highest BCUT2D eigenvalue weighted by molar-refractivity contribution is 6.60. The molecule has 5 heteroatoms. The fraction of sp³-hybridized carbons (Fsp3) is 0.333. The molecule has 0 aromatic carbocycles. The largest absolute Gasteiger partial charge is 0.354 e. The van der Waals surface area contributed by atoms with Gasteiger partial charge >= 0.3 is 0 Å². The van der Waals surface area contributed by atoms with E-state index in [4.69, 9.17) is 16.5 Å². The lowest BCUT2D eigenvalue weighted by molar-refractivity contribution is 1.00. The van der Waals surface area contributed by atoms with E-state index in [0.717, 1.165) is 0 Å². The van der Waals surface area contributed by atoms with E-state index >= 15 is 0 Å². The Hall–Kier alpha value is 0.0538. The van der Waals surface area contributed by atoms with E-state index in [1.165, 1.54) is 0 Å². The van der Waals surface area contributed by atoms with Crippen LogP contribution in [0.5, 0.6) is 0 Å². The molecule has 0 saturated heterocycles. The summed E-state index contributed by atoms with van der Waals surface area (Å²) in [6, 6.07) is 0. The number of nitrogens with two attached hydrogens (primary N) is 3. The molecule has 0 saturated carbocycles. The van der Waals surface area contributed by atoms with E-state index in [-0.39, 0.29) is 4.79 Å². The van der Waals surface area contributed by atoms with Gasteiger partial charge in [-0.15, -0.1) is 6.58 Å². The van der Waals surface area contributed by atoms with Gasteiger partial charge in [0, 0.05) is 4.79 Å². The van der Waals surface area contributed by atoms with Crippen LogP contribution in [0.4, 0.5) is 0 Å². The molecule has 0 spiro atoms. The van der Waals surface area contributed by atoms with E-state index in [0.29, 0.717) is 0 Å². The Labute approximate surface area is 54.1 Å². The highest BCUT2D eigenvalue weighted by atomic mass is 28.3. The van der Waals surface area contributed by atoms with Gasteiger partial charge in [-0.25, -0.2) is 0 Å². The maximum absolute atomic E-state index is 5.65. The summed E-state index contributed by atoms with van der Waals surface area (Å²) in [5.74, 6) is 0. The van der Waals surface area contributed by atoms with Crippen molar-refractivity contribution in [1.29, 1.82) is 0 Å². The van der Waals surface area contributed by atoms with Gasteiger partial charge < -0.3 is 16.5 Å². The van der Waals surface area contributed by atoms with Gasteiger partial charge in [0.05, 0.1) is 0 Å². The molecular formula is C3H13N3Si2. The summed E-state index contributed by atoms with van der Waals surface area (Å²) < 4.78 is 0. The molecule has 0 unspecified atom stereocenters. The predicted octanol–water partition coefficient (Wildman–Crippen LogP) is -3.13. The molecule has 0 radical (unpaired) electrons. The lowest BCUT2D eigenvalue weighted by atomic mass is 10.6. The van der Waals surface area contributed by atoms with Gasteiger partial charge in [0.1, 0.15) is 19.4 Å². The maximum Gasteiger partial charge on any atom is 0.112 e. The highest BCUT2D eigenvalue weighted by Crippen LogP contribution is 1.88. The highest BCUT2D eigenvalue weighted by Gasteiger charge is 2.16. The molecule has 0 bridgehead atoms. The molecule has 0 aliphatic rings. The van der Waals surface area contributed by atoms with Gasteiger partial charge in [-0.05, 0) is 0 Å². The standard InChI is InChI=1S/C3H13N3Si2/c1-2-3(4,7-5)8-6/h2H,1,4-8H2. The lowest BCUT2D eigenvalue weighted by Crippen LogP contribution is -2.56. The summed E-state index contributed by atoms with van der Waals surface area (Å²) in [5, 5.41) is 10.9. The third kappa shape index (κ3) is 1.89. The molecule has 6 N–H and O–H groups in total. The summed E-state index contributed by atoms with van der Waals surface area (Å²) in [7, 11) is -1.34. The first-order chi connectivity index (χ1) is 3.68. The second kappa shape index (κ2) is 3.15. The Bertz CT molecular complexity index is 80.6. The van der Waals surface area contributed by atoms with Gasteiger partial charge in [-0.1, -0.05) is 6.08 Å². The van der Waals surface area contributed by atoms with Gasteiger partial charge in [-0.2, -0.15) is 0 Å². The number of rotatable bonds is 3. The molecule has 0 aromatic heterocycles. The van der Waals surface area contributed by atoms with Gasteiger partial charge in [0.25, 0.3) is 0 Å². The molecule has 0 rings (SSSR count). The van der Waals surface area contributed by atoms with Gasteiger partial charge in [0.2, 0.25) is 0 Å². The average Bonchev–Trinajstić information content (AvgIpc) is 1.87. The Kier molecular flexibility index (Phi) is 3.17. The van der Waals surface area contributed by atoms with Crippen molar-refractivity contribution in [2.24, 2.45) is 16.5 Å². The van der Waals surface area contributed by atoms with Crippen molar-refractivity contribution < 1.29 is 0 Å². The first-order valence-corrected chi connectivity index (χ1v) is 5.56. The van der Waals surface area contributed by atoms with E-state index in [1.807, 2.05) is 0 Å². The molecule has 0 amide bonds. The maximum atomic E-state index is 5.65. The molecule has 0 aliphatic heterocycles. The van der Waals surface area contributed by atoms with E-state index in [2.05, 4.69) is 6.58 Å². The number of hydrogen-bond acceptors (Lipinski definition) is 3. The molecule has 0 heterocycles. The van der Waals surface area contributed by atoms with E-state index < -0.39 is 19.4 Å². The van der Waals surface area contributed by atoms with Crippen LogP contribution in [-0.2, 0) is 0 Å². The van der Waals surface area contributed by atoms with Crippen LogP contribution >= 0.6 is 0 Å². The molecule has 0 fully saturated rings. The Morgan fingerprint density at radius 2 is 1.75 bits per heavy atom. The van der Waals surface area contributed by atoms with Crippen molar-refractivity contribution in [3.05, 3.63) is 12.7 Å². The minimum Gasteiger partial charge on any atom is -0.354 e. The van der Waals surface area contributed by atoms with Crippen molar-refractivity contribution in [2.45, 2.75) is 4.79 Å². The zero-order chi connectivity index (χ0) is 6.62. The van der Waals surface area contributed by atoms with Crippen molar-refractivity contribution in [2.75, 3.05) is 0 Å². The number of hydrogen-bond donors (Lipinski definition) is 3. The van der Waals surface area contributed by atoms with Gasteiger partial charge in [0.15, 0.2) is 0 Å². The minimum absolute atomic E-state index is 0.278. The van der Waals surface area contributed by atoms with Crippen LogP contribution in [0.1, 0.15) is 0 Å². The lowest BCUT2D eigenvalue weighted by Gasteiger charge is -2.18. The second-order valence-electron chi connectivity index (χ2n) is 1.85. The summed E-state index contributed by atoms with van der Waals surface area (Å²) >= 11 is 0. The molecule has 8 heavy (non-hydrogen) atoms. The molecular weight excluding hydrogens is 134 g/mol. The SMILES string of the molecule is C=CC(N)([SiH2]N)[SiH2]N. The van der Waals surface area contributed by atoms with Crippen molar-refractivity contribution in [3.63, 3.8) is 0 Å². The second-order valence-corrected chi connectivity index (χ2v) is 6.30. The molecule has 48 valence electrons. The third-order valence-corrected chi connectivity index (χ3v) is 5.00. The molecule has 0 aliphatic carbocycles. The van der Waals surface area contributed by atoms with Crippen LogP contribution in [0.15, 0.2) is 12.7 Å². The normalized spacial score (nSPS) is 20.4. The molecule has 0 aromatic rings. The summed E-state index contributed by atoms with van der Waals surface area (Å²) in [6.07, 6.45) is 1.70. The van der Waals surface area contributed by atoms with Crippen LogP contribution in [-0.4, -0.2) is 24.1 Å². The first-order valence-electron chi connectivity index (χ1n) is 2.51. The van der Waals surface area contributed by atoms with Crippen LogP contribution in [0.2, 0.25) is 0 Å². The quantitative estimate of drug-likeness (QED) is 0.292. The van der Waals surface area contributed by atoms with Crippen LogP contribution in [0.3, 0.4) is 0 Å². The fourth-order valence-corrected chi connectivity index (χ4v) is 1.25. The smallest absolute Gasteiger partial charge is 0.112 e. The van der Waals surface area contributed by atoms with Crippen LogP contribution < -0.4 is 16.5 Å². The van der Waals surface area contributed by atoms with Crippen LogP contribution in [0, 0.1) is 0 Å². The average molecular weight is 147 g/mol. The summed E-state index contributed by atoms with van der Waals surface area (Å²) in [4.78, 5) is -0.278. The third-order valence-electron chi connectivity index (χ3n) is 1.17. The van der Waals surface area contributed by atoms with Crippen molar-refractivity contribution in [1.82, 2.24) is 0 Å². The zero-order valence-corrected chi connectivity index (χ0v) is 7.76.